The number of hydrogen-bond acceptors (Lipinski definition) is 5. The molecule has 2 N–H and O–H groups in total. The van der Waals surface area contributed by atoms with Crippen LogP contribution in [0.1, 0.15) is 16.1 Å². The van der Waals surface area contributed by atoms with Gasteiger partial charge in [0.15, 0.2) is 11.5 Å². The Bertz CT molecular complexity index is 912. The molecule has 0 aliphatic heterocycles. The minimum atomic E-state index is -0.340. The molecule has 3 aromatic rings. The molecule has 3 rings (SSSR count). The first-order chi connectivity index (χ1) is 12.5. The third-order valence-corrected chi connectivity index (χ3v) is 3.94. The number of nitrogens with zero attached hydrogens (tertiary/aromatic N) is 2. The molecule has 1 aromatic heterocycles. The van der Waals surface area contributed by atoms with Crippen molar-refractivity contribution in [3.8, 4) is 5.75 Å². The number of ether oxygens (including phenoxy) is 1. The molecule has 0 saturated carbocycles. The van der Waals surface area contributed by atoms with Gasteiger partial charge < -0.3 is 15.4 Å². The number of methoxy groups -OCH3 is 1. The van der Waals surface area contributed by atoms with E-state index >= 15 is 0 Å². The van der Waals surface area contributed by atoms with Crippen molar-refractivity contribution in [3.63, 3.8) is 0 Å². The van der Waals surface area contributed by atoms with E-state index in [9.17, 15) is 4.79 Å². The van der Waals surface area contributed by atoms with Crippen molar-refractivity contribution in [2.24, 2.45) is 0 Å². The smallest absolute Gasteiger partial charge is 0.276 e. The zero-order valence-electron chi connectivity index (χ0n) is 14.3. The van der Waals surface area contributed by atoms with E-state index in [1.54, 1.807) is 43.5 Å². The number of anilines is 3. The second kappa shape index (κ2) is 7.84. The Morgan fingerprint density at radius 3 is 2.46 bits per heavy atom. The number of hydrogen-bond donors (Lipinski definition) is 2. The monoisotopic (exact) mass is 368 g/mol. The third kappa shape index (κ3) is 4.29. The van der Waals surface area contributed by atoms with Gasteiger partial charge in [-0.3, -0.25) is 4.79 Å². The van der Waals surface area contributed by atoms with Crippen LogP contribution in [0.5, 0.6) is 5.75 Å². The van der Waals surface area contributed by atoms with E-state index in [2.05, 4.69) is 20.8 Å². The summed E-state index contributed by atoms with van der Waals surface area (Å²) >= 11 is 6.01. The summed E-state index contributed by atoms with van der Waals surface area (Å²) in [6, 6.07) is 15.9. The van der Waals surface area contributed by atoms with Gasteiger partial charge in [-0.15, -0.1) is 10.2 Å². The fraction of sp³-hybridized carbons (Fsp3) is 0.105. The molecule has 0 aliphatic carbocycles. The van der Waals surface area contributed by atoms with E-state index in [-0.39, 0.29) is 11.6 Å². The second-order valence-corrected chi connectivity index (χ2v) is 6.01. The molecule has 0 aliphatic rings. The molecule has 1 heterocycles. The molecule has 26 heavy (non-hydrogen) atoms. The Balaban J connectivity index is 1.68. The second-order valence-electron chi connectivity index (χ2n) is 5.57. The topological polar surface area (TPSA) is 76.1 Å². The van der Waals surface area contributed by atoms with Crippen LogP contribution in [0, 0.1) is 6.92 Å². The molecule has 0 bridgehead atoms. The van der Waals surface area contributed by atoms with Gasteiger partial charge >= 0.3 is 0 Å². The van der Waals surface area contributed by atoms with Gasteiger partial charge in [-0.05, 0) is 61.0 Å². The van der Waals surface area contributed by atoms with Crippen molar-refractivity contribution in [1.82, 2.24) is 10.2 Å². The van der Waals surface area contributed by atoms with Gasteiger partial charge in [-0.25, -0.2) is 0 Å². The standard InChI is InChI=1S/C19H17ClN4O2/c1-12-3-4-13(20)11-17(12)22-18-10-9-16(23-24-18)19(25)21-14-5-7-15(26-2)8-6-14/h3-11H,1-2H3,(H,21,25)(H,22,24). The summed E-state index contributed by atoms with van der Waals surface area (Å²) in [7, 11) is 1.59. The Hall–Kier alpha value is -3.12. The van der Waals surface area contributed by atoms with Gasteiger partial charge in [0.2, 0.25) is 0 Å². The van der Waals surface area contributed by atoms with Crippen molar-refractivity contribution >= 4 is 34.7 Å². The lowest BCUT2D eigenvalue weighted by Crippen LogP contribution is -2.14. The summed E-state index contributed by atoms with van der Waals surface area (Å²) in [4.78, 5) is 12.3. The van der Waals surface area contributed by atoms with Gasteiger partial charge in [0.1, 0.15) is 5.75 Å². The number of carbonyl (C=O) groups excluding carboxylic acids is 1. The van der Waals surface area contributed by atoms with Crippen LogP contribution in [0.2, 0.25) is 5.02 Å². The first-order valence-corrected chi connectivity index (χ1v) is 8.25. The van der Waals surface area contributed by atoms with Gasteiger partial charge in [0.05, 0.1) is 7.11 Å². The van der Waals surface area contributed by atoms with Crippen LogP contribution in [-0.2, 0) is 0 Å². The lowest BCUT2D eigenvalue weighted by Gasteiger charge is -2.09. The van der Waals surface area contributed by atoms with E-state index in [1.165, 1.54) is 0 Å². The highest BCUT2D eigenvalue weighted by Gasteiger charge is 2.09. The predicted octanol–water partition coefficient (Wildman–Crippen LogP) is 4.44. The normalized spacial score (nSPS) is 10.3. The average Bonchev–Trinajstić information content (AvgIpc) is 2.66. The van der Waals surface area contributed by atoms with Crippen LogP contribution in [-0.4, -0.2) is 23.2 Å². The molecule has 2 aromatic carbocycles. The van der Waals surface area contributed by atoms with Gasteiger partial charge in [0.25, 0.3) is 5.91 Å². The molecule has 7 heteroatoms. The number of aryl methyl sites for hydroxylation is 1. The fourth-order valence-electron chi connectivity index (χ4n) is 2.26. The highest BCUT2D eigenvalue weighted by Crippen LogP contribution is 2.23. The summed E-state index contributed by atoms with van der Waals surface area (Å²) in [6.45, 7) is 1.96. The van der Waals surface area contributed by atoms with Crippen molar-refractivity contribution in [2.75, 3.05) is 17.7 Å². The summed E-state index contributed by atoms with van der Waals surface area (Å²) in [5.41, 5.74) is 2.73. The Labute approximate surface area is 156 Å². The van der Waals surface area contributed by atoms with Gasteiger partial charge in [-0.1, -0.05) is 17.7 Å². The van der Waals surface area contributed by atoms with E-state index in [1.807, 2.05) is 25.1 Å². The van der Waals surface area contributed by atoms with E-state index < -0.39 is 0 Å². The van der Waals surface area contributed by atoms with Crippen LogP contribution < -0.4 is 15.4 Å². The van der Waals surface area contributed by atoms with E-state index in [0.717, 1.165) is 17.0 Å². The predicted molar refractivity (Wildman–Crippen MR) is 102 cm³/mol. The van der Waals surface area contributed by atoms with Crippen LogP contribution >= 0.6 is 11.6 Å². The SMILES string of the molecule is COc1ccc(NC(=O)c2ccc(Nc3cc(Cl)ccc3C)nn2)cc1. The minimum absolute atomic E-state index is 0.217. The summed E-state index contributed by atoms with van der Waals surface area (Å²) in [5, 5.41) is 14.5. The molecule has 0 atom stereocenters. The van der Waals surface area contributed by atoms with E-state index in [0.29, 0.717) is 16.5 Å². The number of benzene rings is 2. The Kier molecular flexibility index (Phi) is 5.34. The van der Waals surface area contributed by atoms with Crippen molar-refractivity contribution in [2.45, 2.75) is 6.92 Å². The molecule has 1 amide bonds. The molecule has 6 nitrogen and oxygen atoms in total. The molecule has 0 fully saturated rings. The first kappa shape index (κ1) is 17.7. The first-order valence-electron chi connectivity index (χ1n) is 7.87. The summed E-state index contributed by atoms with van der Waals surface area (Å²) in [5.74, 6) is 0.902. The summed E-state index contributed by atoms with van der Waals surface area (Å²) in [6.07, 6.45) is 0. The third-order valence-electron chi connectivity index (χ3n) is 3.71. The molecular formula is C19H17ClN4O2. The molecule has 0 spiro atoms. The fourth-order valence-corrected chi connectivity index (χ4v) is 2.43. The molecule has 0 saturated heterocycles. The van der Waals surface area contributed by atoms with Crippen LogP contribution in [0.15, 0.2) is 54.6 Å². The van der Waals surface area contributed by atoms with Crippen molar-refractivity contribution in [3.05, 3.63) is 70.9 Å². The maximum Gasteiger partial charge on any atom is 0.276 e. The number of nitrogens with one attached hydrogen (secondary N) is 2. The zero-order chi connectivity index (χ0) is 18.5. The highest BCUT2D eigenvalue weighted by atomic mass is 35.5. The Morgan fingerprint density at radius 2 is 1.81 bits per heavy atom. The largest absolute Gasteiger partial charge is 0.497 e. The molecule has 0 radical (unpaired) electrons. The van der Waals surface area contributed by atoms with Crippen LogP contribution in [0.4, 0.5) is 17.2 Å². The number of aromatic nitrogens is 2. The van der Waals surface area contributed by atoms with Gasteiger partial charge in [-0.2, -0.15) is 0 Å². The van der Waals surface area contributed by atoms with Crippen molar-refractivity contribution in [1.29, 1.82) is 0 Å². The van der Waals surface area contributed by atoms with Crippen LogP contribution in [0.25, 0.3) is 0 Å². The number of carbonyl (C=O) groups is 1. The lowest BCUT2D eigenvalue weighted by molar-refractivity contribution is 0.102. The molecule has 0 unspecified atom stereocenters. The summed E-state index contributed by atoms with van der Waals surface area (Å²) < 4.78 is 5.09. The maximum atomic E-state index is 12.3. The maximum absolute atomic E-state index is 12.3. The number of amides is 1. The highest BCUT2D eigenvalue weighted by molar-refractivity contribution is 6.30. The minimum Gasteiger partial charge on any atom is -0.497 e. The molecular weight excluding hydrogens is 352 g/mol. The number of halogens is 1. The Morgan fingerprint density at radius 1 is 1.04 bits per heavy atom. The van der Waals surface area contributed by atoms with Crippen molar-refractivity contribution < 1.29 is 9.53 Å². The quantitative estimate of drug-likeness (QED) is 0.696. The lowest BCUT2D eigenvalue weighted by atomic mass is 10.2. The molecule has 132 valence electrons. The van der Waals surface area contributed by atoms with E-state index in [4.69, 9.17) is 16.3 Å². The van der Waals surface area contributed by atoms with Gasteiger partial charge in [0, 0.05) is 16.4 Å². The van der Waals surface area contributed by atoms with Crippen LogP contribution in [0.3, 0.4) is 0 Å². The average molecular weight is 369 g/mol. The number of rotatable bonds is 5. The zero-order valence-corrected chi connectivity index (χ0v) is 15.0.